The van der Waals surface area contributed by atoms with E-state index in [2.05, 4.69) is 6.92 Å². The summed E-state index contributed by atoms with van der Waals surface area (Å²) in [4.78, 5) is 26.0. The number of ketones is 1. The van der Waals surface area contributed by atoms with Gasteiger partial charge in [0.1, 0.15) is 5.78 Å². The van der Waals surface area contributed by atoms with E-state index in [0.717, 1.165) is 18.4 Å². The average molecular weight is 303 g/mol. The molecule has 4 nitrogen and oxygen atoms in total. The number of rotatable bonds is 5. The third kappa shape index (κ3) is 3.49. The van der Waals surface area contributed by atoms with E-state index < -0.39 is 5.41 Å². The molecule has 0 unspecified atom stereocenters. The molecule has 0 spiro atoms. The molecule has 0 aliphatic carbocycles. The van der Waals surface area contributed by atoms with Gasteiger partial charge in [-0.25, -0.2) is 4.79 Å². The summed E-state index contributed by atoms with van der Waals surface area (Å²) in [6.45, 7) is 5.33. The number of Topliss-reactive ketones (excluding diaryl/α,β-unsaturated/α-hetero) is 1. The predicted molar refractivity (Wildman–Crippen MR) is 85.9 cm³/mol. The van der Waals surface area contributed by atoms with Crippen molar-refractivity contribution in [2.75, 3.05) is 19.7 Å². The maximum atomic E-state index is 12.3. The van der Waals surface area contributed by atoms with Crippen LogP contribution in [-0.4, -0.2) is 36.5 Å². The Hall–Kier alpha value is -1.84. The number of piperidine rings is 1. The zero-order valence-electron chi connectivity index (χ0n) is 13.5. The molecule has 0 aromatic heterocycles. The number of nitrogens with zero attached hydrogens (tertiary/aromatic N) is 1. The molecule has 0 bridgehead atoms. The van der Waals surface area contributed by atoms with Gasteiger partial charge in [0.15, 0.2) is 0 Å². The van der Waals surface area contributed by atoms with Gasteiger partial charge in [0.05, 0.1) is 12.0 Å². The summed E-state index contributed by atoms with van der Waals surface area (Å²) in [5.74, 6) is 0.178. The summed E-state index contributed by atoms with van der Waals surface area (Å²) in [5.41, 5.74) is 0.600. The van der Waals surface area contributed by atoms with Gasteiger partial charge in [-0.2, -0.15) is 0 Å². The Morgan fingerprint density at radius 1 is 1.18 bits per heavy atom. The highest BCUT2D eigenvalue weighted by molar-refractivity contribution is 5.88. The van der Waals surface area contributed by atoms with Gasteiger partial charge < -0.3 is 9.64 Å². The Kier molecular flexibility index (Phi) is 5.58. The van der Waals surface area contributed by atoms with Crippen molar-refractivity contribution in [3.05, 3.63) is 35.9 Å². The van der Waals surface area contributed by atoms with Gasteiger partial charge in [0.25, 0.3) is 0 Å². The number of hydrogen-bond acceptors (Lipinski definition) is 3. The zero-order chi connectivity index (χ0) is 16.0. The maximum absolute atomic E-state index is 12.3. The second kappa shape index (κ2) is 7.43. The van der Waals surface area contributed by atoms with E-state index in [4.69, 9.17) is 4.74 Å². The van der Waals surface area contributed by atoms with Crippen LogP contribution < -0.4 is 0 Å². The number of unbranched alkanes of at least 4 members (excludes halogenated alkanes) is 1. The molecule has 1 heterocycles. The standard InChI is InChI=1S/C18H25NO3/c1-3-4-14-22-17(21)19-12-10-18(11-13-19,15(2)20)16-8-6-5-7-9-16/h5-9H,3-4,10-14H2,1-2H3. The van der Waals surface area contributed by atoms with Crippen LogP contribution in [0.4, 0.5) is 4.79 Å². The number of likely N-dealkylation sites (tertiary alicyclic amines) is 1. The summed E-state index contributed by atoms with van der Waals surface area (Å²) in [6.07, 6.45) is 2.97. The van der Waals surface area contributed by atoms with E-state index in [1.54, 1.807) is 11.8 Å². The highest BCUT2D eigenvalue weighted by atomic mass is 16.6. The molecule has 1 aliphatic heterocycles. The van der Waals surface area contributed by atoms with Crippen LogP contribution in [0.2, 0.25) is 0 Å². The minimum Gasteiger partial charge on any atom is -0.449 e. The van der Waals surface area contributed by atoms with Gasteiger partial charge in [-0.15, -0.1) is 0 Å². The molecule has 1 aliphatic rings. The fourth-order valence-corrected chi connectivity index (χ4v) is 3.07. The van der Waals surface area contributed by atoms with Crippen molar-refractivity contribution in [2.45, 2.75) is 44.9 Å². The molecule has 0 N–H and O–H groups in total. The van der Waals surface area contributed by atoms with Crippen molar-refractivity contribution < 1.29 is 14.3 Å². The summed E-state index contributed by atoms with van der Waals surface area (Å²) in [7, 11) is 0. The number of benzene rings is 1. The summed E-state index contributed by atoms with van der Waals surface area (Å²) in [5, 5.41) is 0. The lowest BCUT2D eigenvalue weighted by molar-refractivity contribution is -0.124. The second-order valence-electron chi connectivity index (χ2n) is 5.96. The lowest BCUT2D eigenvalue weighted by Gasteiger charge is -2.40. The monoisotopic (exact) mass is 303 g/mol. The van der Waals surface area contributed by atoms with Crippen LogP contribution in [0.1, 0.15) is 45.1 Å². The van der Waals surface area contributed by atoms with Crippen LogP contribution in [0.25, 0.3) is 0 Å². The Labute approximate surface area is 132 Å². The lowest BCUT2D eigenvalue weighted by atomic mass is 9.70. The summed E-state index contributed by atoms with van der Waals surface area (Å²) >= 11 is 0. The number of carbonyl (C=O) groups excluding carboxylic acids is 2. The quantitative estimate of drug-likeness (QED) is 0.782. The molecular weight excluding hydrogens is 278 g/mol. The first kappa shape index (κ1) is 16.5. The number of hydrogen-bond donors (Lipinski definition) is 0. The smallest absolute Gasteiger partial charge is 0.409 e. The Bertz CT molecular complexity index is 504. The van der Waals surface area contributed by atoms with E-state index in [9.17, 15) is 9.59 Å². The molecular formula is C18H25NO3. The molecule has 0 saturated carbocycles. The predicted octanol–water partition coefficient (Wildman–Crippen LogP) is 3.55. The van der Waals surface area contributed by atoms with Crippen molar-refractivity contribution in [1.82, 2.24) is 4.90 Å². The van der Waals surface area contributed by atoms with Crippen LogP contribution in [0, 0.1) is 0 Å². The van der Waals surface area contributed by atoms with Crippen LogP contribution >= 0.6 is 0 Å². The van der Waals surface area contributed by atoms with E-state index >= 15 is 0 Å². The Morgan fingerprint density at radius 2 is 1.82 bits per heavy atom. The van der Waals surface area contributed by atoms with E-state index in [1.807, 2.05) is 30.3 Å². The van der Waals surface area contributed by atoms with Crippen LogP contribution in [-0.2, 0) is 14.9 Å². The summed E-state index contributed by atoms with van der Waals surface area (Å²) in [6, 6.07) is 9.90. The molecule has 1 fully saturated rings. The lowest BCUT2D eigenvalue weighted by Crippen LogP contribution is -2.48. The summed E-state index contributed by atoms with van der Waals surface area (Å²) < 4.78 is 5.26. The molecule has 0 atom stereocenters. The molecule has 0 radical (unpaired) electrons. The van der Waals surface area contributed by atoms with Gasteiger partial charge in [0, 0.05) is 13.1 Å². The maximum Gasteiger partial charge on any atom is 0.409 e. The number of amides is 1. The molecule has 1 aromatic rings. The van der Waals surface area contributed by atoms with Crippen molar-refractivity contribution in [3.63, 3.8) is 0 Å². The Balaban J connectivity index is 2.02. The minimum atomic E-state index is -0.457. The van der Waals surface area contributed by atoms with Gasteiger partial charge in [-0.3, -0.25) is 4.79 Å². The molecule has 4 heteroatoms. The van der Waals surface area contributed by atoms with Crippen molar-refractivity contribution >= 4 is 11.9 Å². The fraction of sp³-hybridized carbons (Fsp3) is 0.556. The first-order chi connectivity index (χ1) is 10.6. The van der Waals surface area contributed by atoms with Gasteiger partial charge in [-0.1, -0.05) is 43.7 Å². The third-order valence-corrected chi connectivity index (χ3v) is 4.60. The van der Waals surface area contributed by atoms with Crippen LogP contribution in [0.15, 0.2) is 30.3 Å². The van der Waals surface area contributed by atoms with Gasteiger partial charge in [-0.05, 0) is 31.7 Å². The molecule has 1 aromatic carbocycles. The van der Waals surface area contributed by atoms with Crippen molar-refractivity contribution in [1.29, 1.82) is 0 Å². The van der Waals surface area contributed by atoms with Crippen LogP contribution in [0.5, 0.6) is 0 Å². The highest BCUT2D eigenvalue weighted by Crippen LogP contribution is 2.36. The molecule has 22 heavy (non-hydrogen) atoms. The molecule has 1 saturated heterocycles. The molecule has 2 rings (SSSR count). The number of carbonyl (C=O) groups is 2. The van der Waals surface area contributed by atoms with Crippen molar-refractivity contribution in [3.8, 4) is 0 Å². The van der Waals surface area contributed by atoms with Gasteiger partial charge >= 0.3 is 6.09 Å². The van der Waals surface area contributed by atoms with E-state index in [0.29, 0.717) is 32.5 Å². The SMILES string of the molecule is CCCCOC(=O)N1CCC(C(C)=O)(c2ccccc2)CC1. The van der Waals surface area contributed by atoms with Crippen LogP contribution in [0.3, 0.4) is 0 Å². The number of ether oxygens (including phenoxy) is 1. The first-order valence-electron chi connectivity index (χ1n) is 8.08. The largest absolute Gasteiger partial charge is 0.449 e. The topological polar surface area (TPSA) is 46.6 Å². The normalized spacial score (nSPS) is 17.1. The fourth-order valence-electron chi connectivity index (χ4n) is 3.07. The molecule has 1 amide bonds. The first-order valence-corrected chi connectivity index (χ1v) is 8.08. The van der Waals surface area contributed by atoms with E-state index in [-0.39, 0.29) is 11.9 Å². The molecule has 120 valence electrons. The highest BCUT2D eigenvalue weighted by Gasteiger charge is 2.41. The average Bonchev–Trinajstić information content (AvgIpc) is 2.55. The van der Waals surface area contributed by atoms with Crippen molar-refractivity contribution in [2.24, 2.45) is 0 Å². The second-order valence-corrected chi connectivity index (χ2v) is 5.96. The third-order valence-electron chi connectivity index (χ3n) is 4.60. The van der Waals surface area contributed by atoms with Gasteiger partial charge in [0.2, 0.25) is 0 Å². The minimum absolute atomic E-state index is 0.178. The Morgan fingerprint density at radius 3 is 2.36 bits per heavy atom. The van der Waals surface area contributed by atoms with E-state index in [1.165, 1.54) is 0 Å². The zero-order valence-corrected chi connectivity index (χ0v) is 13.5.